The van der Waals surface area contributed by atoms with E-state index in [9.17, 15) is 0 Å². The highest BCUT2D eigenvalue weighted by atomic mass is 127. The maximum absolute atomic E-state index is 5.41. The van der Waals surface area contributed by atoms with Crippen molar-refractivity contribution in [3.63, 3.8) is 0 Å². The van der Waals surface area contributed by atoms with Gasteiger partial charge in [0, 0.05) is 49.7 Å². The lowest BCUT2D eigenvalue weighted by Crippen LogP contribution is -2.30. The number of methoxy groups -OCH3 is 3. The molecular weight excluding hydrogens is 485 g/mol. The standard InChI is InChI=1S/C20H31N5O3.HI/c1-8-15-14(16(9-2)25(4)24-15)12-22-20(21-3)23-13-10-17(26-5)19(28-7)18(11-13)27-6;/h10-11H,8-9,12H2,1-7H3,(H2,21,22,23);1H. The van der Waals surface area contributed by atoms with Crippen LogP contribution in [0.2, 0.25) is 0 Å². The summed E-state index contributed by atoms with van der Waals surface area (Å²) in [7, 11) is 8.49. The van der Waals surface area contributed by atoms with Crippen LogP contribution in [-0.2, 0) is 26.4 Å². The normalized spacial score (nSPS) is 10.9. The summed E-state index contributed by atoms with van der Waals surface area (Å²) in [5, 5.41) is 11.3. The van der Waals surface area contributed by atoms with Crippen LogP contribution in [0.25, 0.3) is 0 Å². The summed E-state index contributed by atoms with van der Waals surface area (Å²) in [6.07, 6.45) is 1.82. The maximum Gasteiger partial charge on any atom is 0.203 e. The molecule has 29 heavy (non-hydrogen) atoms. The number of aliphatic imine (C=N–C) groups is 1. The van der Waals surface area contributed by atoms with Crippen molar-refractivity contribution in [1.82, 2.24) is 15.1 Å². The van der Waals surface area contributed by atoms with Crippen LogP contribution in [0.4, 0.5) is 5.69 Å². The minimum atomic E-state index is 0. The summed E-state index contributed by atoms with van der Waals surface area (Å²) in [6.45, 7) is 4.90. The van der Waals surface area contributed by atoms with Crippen LogP contribution in [0.1, 0.15) is 30.8 Å². The van der Waals surface area contributed by atoms with Gasteiger partial charge in [-0.05, 0) is 12.8 Å². The second kappa shape index (κ2) is 11.7. The lowest BCUT2D eigenvalue weighted by Gasteiger charge is -2.17. The second-order valence-corrected chi connectivity index (χ2v) is 6.17. The van der Waals surface area contributed by atoms with Crippen LogP contribution < -0.4 is 24.8 Å². The van der Waals surface area contributed by atoms with Gasteiger partial charge in [0.2, 0.25) is 5.75 Å². The number of hydrogen-bond donors (Lipinski definition) is 2. The molecule has 1 heterocycles. The van der Waals surface area contributed by atoms with Gasteiger partial charge in [0.15, 0.2) is 17.5 Å². The quantitative estimate of drug-likeness (QED) is 0.318. The molecule has 0 fully saturated rings. The Balaban J connectivity index is 0.00000420. The molecule has 1 aromatic heterocycles. The lowest BCUT2D eigenvalue weighted by molar-refractivity contribution is 0.324. The first-order valence-corrected chi connectivity index (χ1v) is 9.34. The van der Waals surface area contributed by atoms with Crippen molar-refractivity contribution in [1.29, 1.82) is 0 Å². The third kappa shape index (κ3) is 5.68. The molecular formula is C20H32IN5O3. The van der Waals surface area contributed by atoms with Gasteiger partial charge in [-0.2, -0.15) is 5.10 Å². The summed E-state index contributed by atoms with van der Waals surface area (Å²) in [4.78, 5) is 4.32. The van der Waals surface area contributed by atoms with Crippen molar-refractivity contribution in [2.75, 3.05) is 33.7 Å². The first-order chi connectivity index (χ1) is 13.5. The number of aryl methyl sites for hydroxylation is 2. The number of anilines is 1. The fourth-order valence-corrected chi connectivity index (χ4v) is 3.24. The largest absolute Gasteiger partial charge is 0.493 e. The number of halogens is 1. The summed E-state index contributed by atoms with van der Waals surface area (Å²) >= 11 is 0. The number of nitrogens with one attached hydrogen (secondary N) is 2. The van der Waals surface area contributed by atoms with E-state index >= 15 is 0 Å². The van der Waals surface area contributed by atoms with E-state index in [-0.39, 0.29) is 24.0 Å². The number of guanidine groups is 1. The Kier molecular flexibility index (Phi) is 10.1. The second-order valence-electron chi connectivity index (χ2n) is 6.17. The fraction of sp³-hybridized carbons (Fsp3) is 0.500. The first kappa shape index (κ1) is 24.9. The minimum Gasteiger partial charge on any atom is -0.493 e. The third-order valence-corrected chi connectivity index (χ3v) is 4.61. The Morgan fingerprint density at radius 2 is 1.69 bits per heavy atom. The van der Waals surface area contributed by atoms with Gasteiger partial charge >= 0.3 is 0 Å². The van der Waals surface area contributed by atoms with Gasteiger partial charge in [-0.25, -0.2) is 0 Å². The van der Waals surface area contributed by atoms with E-state index in [1.807, 2.05) is 23.9 Å². The molecule has 0 atom stereocenters. The zero-order chi connectivity index (χ0) is 20.7. The van der Waals surface area contributed by atoms with Gasteiger partial charge in [0.1, 0.15) is 0 Å². The molecule has 2 N–H and O–H groups in total. The molecule has 8 nitrogen and oxygen atoms in total. The smallest absolute Gasteiger partial charge is 0.203 e. The Morgan fingerprint density at radius 3 is 2.14 bits per heavy atom. The van der Waals surface area contributed by atoms with Crippen molar-refractivity contribution in [3.8, 4) is 17.2 Å². The number of benzene rings is 1. The van der Waals surface area contributed by atoms with E-state index < -0.39 is 0 Å². The highest BCUT2D eigenvalue weighted by molar-refractivity contribution is 14.0. The number of rotatable bonds is 8. The van der Waals surface area contributed by atoms with Crippen LogP contribution in [0.3, 0.4) is 0 Å². The lowest BCUT2D eigenvalue weighted by atomic mass is 10.1. The fourth-order valence-electron chi connectivity index (χ4n) is 3.24. The number of nitrogens with zero attached hydrogens (tertiary/aromatic N) is 3. The van der Waals surface area contributed by atoms with Gasteiger partial charge < -0.3 is 24.8 Å². The van der Waals surface area contributed by atoms with Crippen molar-refractivity contribution in [2.24, 2.45) is 12.0 Å². The Morgan fingerprint density at radius 1 is 1.07 bits per heavy atom. The predicted octanol–water partition coefficient (Wildman–Crippen LogP) is 3.38. The number of ether oxygens (including phenoxy) is 3. The average molecular weight is 517 g/mol. The van der Waals surface area contributed by atoms with Gasteiger partial charge in [-0.1, -0.05) is 13.8 Å². The highest BCUT2D eigenvalue weighted by Gasteiger charge is 2.16. The topological polar surface area (TPSA) is 81.9 Å². The summed E-state index contributed by atoms with van der Waals surface area (Å²) in [5.41, 5.74) is 4.34. The third-order valence-electron chi connectivity index (χ3n) is 4.61. The van der Waals surface area contributed by atoms with Crippen LogP contribution in [0, 0.1) is 0 Å². The molecule has 2 rings (SSSR count). The van der Waals surface area contributed by atoms with E-state index in [4.69, 9.17) is 14.2 Å². The van der Waals surface area contributed by atoms with Crippen LogP contribution in [0.5, 0.6) is 17.2 Å². The number of aromatic nitrogens is 2. The average Bonchev–Trinajstić information content (AvgIpc) is 3.04. The van der Waals surface area contributed by atoms with Gasteiger partial charge in [0.25, 0.3) is 0 Å². The minimum absolute atomic E-state index is 0. The molecule has 0 bridgehead atoms. The van der Waals surface area contributed by atoms with Gasteiger partial charge in [0.05, 0.1) is 27.0 Å². The molecule has 0 aliphatic carbocycles. The Hall–Kier alpha value is -2.17. The molecule has 0 saturated heterocycles. The zero-order valence-electron chi connectivity index (χ0n) is 18.3. The Labute approximate surface area is 190 Å². The molecule has 0 spiro atoms. The molecule has 0 aliphatic heterocycles. The highest BCUT2D eigenvalue weighted by Crippen LogP contribution is 2.39. The molecule has 1 aromatic carbocycles. The molecule has 0 amide bonds. The molecule has 2 aromatic rings. The SMILES string of the molecule is CCc1nn(C)c(CC)c1CNC(=NC)Nc1cc(OC)c(OC)c(OC)c1.I. The molecule has 162 valence electrons. The first-order valence-electron chi connectivity index (χ1n) is 9.34. The van der Waals surface area contributed by atoms with E-state index in [0.29, 0.717) is 29.8 Å². The Bertz CT molecular complexity index is 811. The van der Waals surface area contributed by atoms with Crippen molar-refractivity contribution < 1.29 is 14.2 Å². The molecule has 0 aliphatic rings. The summed E-state index contributed by atoms with van der Waals surface area (Å²) in [5.74, 6) is 2.35. The molecule has 0 unspecified atom stereocenters. The molecule has 0 radical (unpaired) electrons. The van der Waals surface area contributed by atoms with Crippen molar-refractivity contribution in [2.45, 2.75) is 33.2 Å². The van der Waals surface area contributed by atoms with E-state index in [0.717, 1.165) is 24.2 Å². The summed E-state index contributed by atoms with van der Waals surface area (Å²) in [6, 6.07) is 3.68. The molecule has 9 heteroatoms. The van der Waals surface area contributed by atoms with Crippen molar-refractivity contribution in [3.05, 3.63) is 29.1 Å². The van der Waals surface area contributed by atoms with E-state index in [2.05, 4.69) is 34.6 Å². The van der Waals surface area contributed by atoms with E-state index in [1.165, 1.54) is 11.3 Å². The predicted molar refractivity (Wildman–Crippen MR) is 127 cm³/mol. The van der Waals surface area contributed by atoms with Crippen LogP contribution in [0.15, 0.2) is 17.1 Å². The van der Waals surface area contributed by atoms with Gasteiger partial charge in [-0.15, -0.1) is 24.0 Å². The zero-order valence-corrected chi connectivity index (χ0v) is 20.6. The summed E-state index contributed by atoms with van der Waals surface area (Å²) < 4.78 is 18.2. The maximum atomic E-state index is 5.41. The van der Waals surface area contributed by atoms with Gasteiger partial charge in [-0.3, -0.25) is 9.67 Å². The van der Waals surface area contributed by atoms with Crippen molar-refractivity contribution >= 4 is 35.6 Å². The molecule has 0 saturated carbocycles. The van der Waals surface area contributed by atoms with Crippen LogP contribution >= 0.6 is 24.0 Å². The monoisotopic (exact) mass is 517 g/mol. The number of hydrogen-bond acceptors (Lipinski definition) is 5. The van der Waals surface area contributed by atoms with Crippen LogP contribution in [-0.4, -0.2) is 44.1 Å². The van der Waals surface area contributed by atoms with E-state index in [1.54, 1.807) is 28.4 Å².